The molecule has 1 fully saturated rings. The smallest absolute Gasteiger partial charge is 0.0246 e. The van der Waals surface area contributed by atoms with Crippen molar-refractivity contribution in [3.05, 3.63) is 0 Å². The molecule has 4 unspecified atom stereocenters. The molecule has 19 heavy (non-hydrogen) atoms. The van der Waals surface area contributed by atoms with E-state index < -0.39 is 10.8 Å². The predicted molar refractivity (Wildman–Crippen MR) is 85.1 cm³/mol. The first-order chi connectivity index (χ1) is 9.02. The number of hydrogen-bond donors (Lipinski definition) is 1. The molecule has 0 aromatic rings. The van der Waals surface area contributed by atoms with Gasteiger partial charge in [-0.2, -0.15) is 0 Å². The van der Waals surface area contributed by atoms with Crippen molar-refractivity contribution in [1.82, 2.24) is 10.2 Å². The zero-order valence-electron chi connectivity index (χ0n) is 13.2. The van der Waals surface area contributed by atoms with Crippen LogP contribution in [0.4, 0.5) is 0 Å². The van der Waals surface area contributed by atoms with E-state index in [-0.39, 0.29) is 0 Å². The van der Waals surface area contributed by atoms with Crippen LogP contribution >= 0.6 is 0 Å². The van der Waals surface area contributed by atoms with Crippen molar-refractivity contribution in [2.45, 2.75) is 58.5 Å². The zero-order chi connectivity index (χ0) is 14.3. The molecule has 0 saturated carbocycles. The van der Waals surface area contributed by atoms with E-state index in [2.05, 4.69) is 31.0 Å². The summed E-state index contributed by atoms with van der Waals surface area (Å²) in [6, 6.07) is 1.04. The summed E-state index contributed by atoms with van der Waals surface area (Å²) < 4.78 is 11.1. The zero-order valence-corrected chi connectivity index (χ0v) is 14.0. The highest BCUT2D eigenvalue weighted by atomic mass is 32.2. The van der Waals surface area contributed by atoms with Crippen LogP contribution in [0.15, 0.2) is 0 Å². The van der Waals surface area contributed by atoms with Gasteiger partial charge in [0.15, 0.2) is 0 Å². The Labute approximate surface area is 122 Å². The van der Waals surface area contributed by atoms with Gasteiger partial charge in [0.1, 0.15) is 0 Å². The van der Waals surface area contributed by atoms with Crippen LogP contribution in [0.3, 0.4) is 0 Å². The first-order valence-corrected chi connectivity index (χ1v) is 9.54. The van der Waals surface area contributed by atoms with Gasteiger partial charge >= 0.3 is 0 Å². The minimum Gasteiger partial charge on any atom is -0.311 e. The molecule has 4 atom stereocenters. The Morgan fingerprint density at radius 3 is 2.79 bits per heavy atom. The maximum absolute atomic E-state index is 11.1. The predicted octanol–water partition coefficient (Wildman–Crippen LogP) is 2.24. The van der Waals surface area contributed by atoms with E-state index >= 15 is 0 Å². The fourth-order valence-electron chi connectivity index (χ4n) is 3.03. The fraction of sp³-hybridized carbons (Fsp3) is 1.00. The number of nitrogens with one attached hydrogen (secondary N) is 1. The molecule has 0 spiro atoms. The first-order valence-electron chi connectivity index (χ1n) is 7.81. The molecule has 3 nitrogen and oxygen atoms in total. The lowest BCUT2D eigenvalue weighted by Crippen LogP contribution is -2.47. The Bertz CT molecular complexity index is 271. The second-order valence-electron chi connectivity index (χ2n) is 6.13. The molecule has 1 aliphatic heterocycles. The monoisotopic (exact) mass is 288 g/mol. The number of piperidine rings is 1. The Kier molecular flexibility index (Phi) is 8.19. The summed E-state index contributed by atoms with van der Waals surface area (Å²) in [5.74, 6) is 1.59. The summed E-state index contributed by atoms with van der Waals surface area (Å²) >= 11 is 0. The third-order valence-electron chi connectivity index (χ3n) is 4.17. The van der Waals surface area contributed by atoms with Crippen LogP contribution < -0.4 is 5.32 Å². The van der Waals surface area contributed by atoms with Crippen LogP contribution in [0, 0.1) is 5.92 Å². The highest BCUT2D eigenvalue weighted by Crippen LogP contribution is 2.20. The van der Waals surface area contributed by atoms with Gasteiger partial charge in [-0.25, -0.2) is 0 Å². The molecule has 1 N–H and O–H groups in total. The van der Waals surface area contributed by atoms with Gasteiger partial charge in [0.05, 0.1) is 0 Å². The SMILES string of the molecule is CCCN1CCCC(C(C)NC(C)CCS(C)=O)C1. The van der Waals surface area contributed by atoms with E-state index in [1.165, 1.54) is 38.9 Å². The second kappa shape index (κ2) is 9.09. The van der Waals surface area contributed by atoms with Crippen LogP contribution in [0.25, 0.3) is 0 Å². The molecular formula is C15H32N2OS. The van der Waals surface area contributed by atoms with Crippen LogP contribution in [0.2, 0.25) is 0 Å². The second-order valence-corrected chi connectivity index (χ2v) is 7.68. The van der Waals surface area contributed by atoms with Crippen molar-refractivity contribution in [2.75, 3.05) is 31.6 Å². The Morgan fingerprint density at radius 2 is 2.16 bits per heavy atom. The van der Waals surface area contributed by atoms with E-state index in [0.717, 1.165) is 18.1 Å². The van der Waals surface area contributed by atoms with E-state index in [9.17, 15) is 4.21 Å². The summed E-state index contributed by atoms with van der Waals surface area (Å²) in [7, 11) is -0.662. The van der Waals surface area contributed by atoms with Gasteiger partial charge in [0.25, 0.3) is 0 Å². The normalized spacial score (nSPS) is 26.0. The lowest BCUT2D eigenvalue weighted by Gasteiger charge is -2.37. The average molecular weight is 289 g/mol. The van der Waals surface area contributed by atoms with E-state index in [1.54, 1.807) is 6.26 Å². The van der Waals surface area contributed by atoms with Gasteiger partial charge in [-0.15, -0.1) is 0 Å². The van der Waals surface area contributed by atoms with Crippen molar-refractivity contribution in [2.24, 2.45) is 5.92 Å². The van der Waals surface area contributed by atoms with Crippen LogP contribution in [-0.4, -0.2) is 52.8 Å². The maximum atomic E-state index is 11.1. The Morgan fingerprint density at radius 1 is 1.42 bits per heavy atom. The number of hydrogen-bond acceptors (Lipinski definition) is 3. The summed E-state index contributed by atoms with van der Waals surface area (Å²) in [5.41, 5.74) is 0. The largest absolute Gasteiger partial charge is 0.311 e. The fourth-order valence-corrected chi connectivity index (χ4v) is 3.72. The van der Waals surface area contributed by atoms with Crippen LogP contribution in [0.1, 0.15) is 46.5 Å². The van der Waals surface area contributed by atoms with Crippen LogP contribution in [0.5, 0.6) is 0 Å². The van der Waals surface area contributed by atoms with Crippen molar-refractivity contribution in [3.8, 4) is 0 Å². The minimum atomic E-state index is -0.662. The highest BCUT2D eigenvalue weighted by molar-refractivity contribution is 7.84. The molecule has 1 saturated heterocycles. The molecule has 1 aliphatic rings. The molecule has 0 aromatic carbocycles. The summed E-state index contributed by atoms with van der Waals surface area (Å²) in [6.45, 7) is 10.6. The Hall–Kier alpha value is 0.0700. The molecule has 1 heterocycles. The van der Waals surface area contributed by atoms with Gasteiger partial charge in [0, 0.05) is 41.4 Å². The van der Waals surface area contributed by atoms with Crippen molar-refractivity contribution in [1.29, 1.82) is 0 Å². The number of nitrogens with zero attached hydrogens (tertiary/aromatic N) is 1. The molecule has 0 aliphatic carbocycles. The average Bonchev–Trinajstić information content (AvgIpc) is 2.37. The number of likely N-dealkylation sites (tertiary alicyclic amines) is 1. The molecule has 114 valence electrons. The highest BCUT2D eigenvalue weighted by Gasteiger charge is 2.24. The standard InChI is InChI=1S/C15H32N2OS/c1-5-9-17-10-6-7-15(12-17)14(3)16-13(2)8-11-19(4)18/h13-16H,5-12H2,1-4H3. The minimum absolute atomic E-state index is 0.473. The molecule has 0 amide bonds. The topological polar surface area (TPSA) is 32.3 Å². The molecule has 4 heteroatoms. The van der Waals surface area contributed by atoms with Gasteiger partial charge in [-0.1, -0.05) is 6.92 Å². The molecule has 0 radical (unpaired) electrons. The Balaban J connectivity index is 2.31. The maximum Gasteiger partial charge on any atom is 0.0246 e. The van der Waals surface area contributed by atoms with Crippen molar-refractivity contribution in [3.63, 3.8) is 0 Å². The van der Waals surface area contributed by atoms with E-state index in [0.29, 0.717) is 12.1 Å². The van der Waals surface area contributed by atoms with Gasteiger partial charge in [0.2, 0.25) is 0 Å². The van der Waals surface area contributed by atoms with Crippen molar-refractivity contribution >= 4 is 10.8 Å². The molecule has 0 aromatic heterocycles. The third kappa shape index (κ3) is 6.87. The van der Waals surface area contributed by atoms with Crippen LogP contribution in [-0.2, 0) is 10.8 Å². The quantitative estimate of drug-likeness (QED) is 0.743. The summed E-state index contributed by atoms with van der Waals surface area (Å²) in [5, 5.41) is 3.71. The van der Waals surface area contributed by atoms with Crippen molar-refractivity contribution < 1.29 is 4.21 Å². The van der Waals surface area contributed by atoms with Gasteiger partial charge < -0.3 is 10.2 Å². The molecule has 1 rings (SSSR count). The van der Waals surface area contributed by atoms with E-state index in [4.69, 9.17) is 0 Å². The van der Waals surface area contributed by atoms with Gasteiger partial charge in [-0.05, 0) is 58.5 Å². The lowest BCUT2D eigenvalue weighted by atomic mass is 9.91. The van der Waals surface area contributed by atoms with E-state index in [1.807, 2.05) is 0 Å². The lowest BCUT2D eigenvalue weighted by molar-refractivity contribution is 0.147. The molecule has 0 bridgehead atoms. The third-order valence-corrected chi connectivity index (χ3v) is 4.99. The number of rotatable bonds is 8. The molecular weight excluding hydrogens is 256 g/mol. The first kappa shape index (κ1) is 17.1. The summed E-state index contributed by atoms with van der Waals surface area (Å²) in [4.78, 5) is 2.61. The van der Waals surface area contributed by atoms with Gasteiger partial charge in [-0.3, -0.25) is 4.21 Å². The summed E-state index contributed by atoms with van der Waals surface area (Å²) in [6.07, 6.45) is 6.75.